The van der Waals surface area contributed by atoms with Crippen LogP contribution in [0.4, 0.5) is 5.69 Å². The number of aryl methyl sites for hydroxylation is 1. The van der Waals surface area contributed by atoms with Gasteiger partial charge in [0.25, 0.3) is 0 Å². The molecule has 0 aliphatic carbocycles. The van der Waals surface area contributed by atoms with Crippen molar-refractivity contribution >= 4 is 11.6 Å². The van der Waals surface area contributed by atoms with Gasteiger partial charge in [0.15, 0.2) is 0 Å². The van der Waals surface area contributed by atoms with Crippen molar-refractivity contribution in [2.75, 3.05) is 12.4 Å². The normalized spacial score (nSPS) is 11.8. The monoisotopic (exact) mass is 307 g/mol. The molecule has 4 nitrogen and oxygen atoms in total. The Morgan fingerprint density at radius 1 is 1.17 bits per heavy atom. The van der Waals surface area contributed by atoms with E-state index in [0.717, 1.165) is 0 Å². The first-order valence-corrected chi connectivity index (χ1v) is 7.56. The molecule has 2 aromatic carbocycles. The number of nitrogens with one attached hydrogen (secondary N) is 1. The van der Waals surface area contributed by atoms with Gasteiger partial charge in [-0.15, -0.1) is 0 Å². The second kappa shape index (κ2) is 7.57. The second-order valence-electron chi connectivity index (χ2n) is 5.76. The lowest BCUT2D eigenvalue weighted by atomic mass is 10.1. The number of carbonyl (C=O) groups excluding carboxylic acids is 1. The van der Waals surface area contributed by atoms with Crippen LogP contribution in [0.5, 0.6) is 0 Å². The van der Waals surface area contributed by atoms with Crippen LogP contribution in [0.1, 0.15) is 23.6 Å². The quantitative estimate of drug-likeness (QED) is 0.922. The highest BCUT2D eigenvalue weighted by atomic mass is 16.2. The molecule has 0 bridgehead atoms. The number of benzene rings is 2. The molecule has 4 heteroatoms. The maximum absolute atomic E-state index is 12.3. The minimum Gasteiger partial charge on any atom is -0.325 e. The van der Waals surface area contributed by atoms with Crippen LogP contribution in [0.2, 0.25) is 0 Å². The summed E-state index contributed by atoms with van der Waals surface area (Å²) in [5, 5.41) is 11.7. The Kier molecular flexibility index (Phi) is 5.51. The smallest absolute Gasteiger partial charge is 0.241 e. The van der Waals surface area contributed by atoms with Crippen molar-refractivity contribution in [1.29, 1.82) is 5.26 Å². The van der Waals surface area contributed by atoms with E-state index in [4.69, 9.17) is 5.26 Å². The number of amides is 1. The highest BCUT2D eigenvalue weighted by Crippen LogP contribution is 2.12. The van der Waals surface area contributed by atoms with Gasteiger partial charge in [-0.1, -0.05) is 29.8 Å². The molecule has 0 heterocycles. The SMILES string of the molecule is Cc1ccc(CN(C)[C@@H](C)C(=O)Nc2ccc(C#N)cc2)cc1. The fourth-order valence-corrected chi connectivity index (χ4v) is 2.19. The zero-order valence-electron chi connectivity index (χ0n) is 13.7. The van der Waals surface area contributed by atoms with Gasteiger partial charge in [0.2, 0.25) is 5.91 Å². The number of nitriles is 1. The minimum absolute atomic E-state index is 0.0654. The molecule has 2 rings (SSSR count). The van der Waals surface area contributed by atoms with Gasteiger partial charge in [-0.2, -0.15) is 5.26 Å². The number of likely N-dealkylation sites (N-methyl/N-ethyl adjacent to an activating group) is 1. The average molecular weight is 307 g/mol. The Bertz CT molecular complexity index is 699. The Morgan fingerprint density at radius 3 is 2.35 bits per heavy atom. The van der Waals surface area contributed by atoms with Gasteiger partial charge in [0.1, 0.15) is 0 Å². The summed E-state index contributed by atoms with van der Waals surface area (Å²) in [6.45, 7) is 4.65. The van der Waals surface area contributed by atoms with Crippen molar-refractivity contribution in [3.63, 3.8) is 0 Å². The number of hydrogen-bond acceptors (Lipinski definition) is 3. The van der Waals surface area contributed by atoms with Crippen molar-refractivity contribution in [2.24, 2.45) is 0 Å². The van der Waals surface area contributed by atoms with Crippen molar-refractivity contribution in [2.45, 2.75) is 26.4 Å². The molecule has 118 valence electrons. The van der Waals surface area contributed by atoms with Crippen molar-refractivity contribution in [3.05, 3.63) is 65.2 Å². The van der Waals surface area contributed by atoms with E-state index in [1.807, 2.05) is 18.9 Å². The molecule has 0 saturated heterocycles. The van der Waals surface area contributed by atoms with Crippen LogP contribution >= 0.6 is 0 Å². The summed E-state index contributed by atoms with van der Waals surface area (Å²) in [4.78, 5) is 14.3. The molecule has 23 heavy (non-hydrogen) atoms. The molecule has 0 aliphatic heterocycles. The minimum atomic E-state index is -0.257. The van der Waals surface area contributed by atoms with Gasteiger partial charge < -0.3 is 5.32 Å². The van der Waals surface area contributed by atoms with E-state index in [1.165, 1.54) is 11.1 Å². The third-order valence-corrected chi connectivity index (χ3v) is 3.87. The van der Waals surface area contributed by atoms with Crippen molar-refractivity contribution < 1.29 is 4.79 Å². The summed E-state index contributed by atoms with van der Waals surface area (Å²) < 4.78 is 0. The average Bonchev–Trinajstić information content (AvgIpc) is 2.56. The van der Waals surface area contributed by atoms with Gasteiger partial charge >= 0.3 is 0 Å². The Balaban J connectivity index is 1.95. The van der Waals surface area contributed by atoms with Gasteiger partial charge in [0.05, 0.1) is 17.7 Å². The Morgan fingerprint density at radius 2 is 1.78 bits per heavy atom. The zero-order valence-corrected chi connectivity index (χ0v) is 13.7. The molecule has 2 aromatic rings. The molecule has 1 atom stereocenters. The molecular weight excluding hydrogens is 286 g/mol. The highest BCUT2D eigenvalue weighted by Gasteiger charge is 2.18. The molecule has 0 aromatic heterocycles. The van der Waals surface area contributed by atoms with Crippen LogP contribution in [-0.4, -0.2) is 23.9 Å². The molecule has 1 N–H and O–H groups in total. The van der Waals surface area contributed by atoms with Gasteiger partial charge in [-0.3, -0.25) is 9.69 Å². The van der Waals surface area contributed by atoms with E-state index >= 15 is 0 Å². The lowest BCUT2D eigenvalue weighted by Gasteiger charge is -2.24. The number of rotatable bonds is 5. The lowest BCUT2D eigenvalue weighted by Crippen LogP contribution is -2.39. The van der Waals surface area contributed by atoms with E-state index in [1.54, 1.807) is 24.3 Å². The van der Waals surface area contributed by atoms with E-state index in [2.05, 4.69) is 42.6 Å². The van der Waals surface area contributed by atoms with Crippen LogP contribution in [0, 0.1) is 18.3 Å². The molecular formula is C19H21N3O. The van der Waals surface area contributed by atoms with Crippen LogP contribution in [0.15, 0.2) is 48.5 Å². The molecule has 1 amide bonds. The third kappa shape index (κ3) is 4.67. The van der Waals surface area contributed by atoms with Crippen LogP contribution in [0.25, 0.3) is 0 Å². The second-order valence-corrected chi connectivity index (χ2v) is 5.76. The molecule has 0 radical (unpaired) electrons. The lowest BCUT2D eigenvalue weighted by molar-refractivity contribution is -0.120. The first kappa shape index (κ1) is 16.7. The maximum atomic E-state index is 12.3. The van der Waals surface area contributed by atoms with E-state index in [0.29, 0.717) is 17.8 Å². The van der Waals surface area contributed by atoms with Crippen LogP contribution in [-0.2, 0) is 11.3 Å². The fourth-order valence-electron chi connectivity index (χ4n) is 2.19. The van der Waals surface area contributed by atoms with Crippen LogP contribution < -0.4 is 5.32 Å². The summed E-state index contributed by atoms with van der Waals surface area (Å²) in [6.07, 6.45) is 0. The number of nitrogens with zero attached hydrogens (tertiary/aromatic N) is 2. The molecule has 0 saturated carbocycles. The Labute approximate surface area is 137 Å². The summed E-state index contributed by atoms with van der Waals surface area (Å²) in [6, 6.07) is 17.0. The predicted octanol–water partition coefficient (Wildman–Crippen LogP) is 3.33. The summed E-state index contributed by atoms with van der Waals surface area (Å²) in [5.74, 6) is -0.0654. The fraction of sp³-hybridized carbons (Fsp3) is 0.263. The molecule has 0 unspecified atom stereocenters. The molecule has 0 fully saturated rings. The van der Waals surface area contributed by atoms with E-state index in [-0.39, 0.29) is 11.9 Å². The van der Waals surface area contributed by atoms with Crippen molar-refractivity contribution in [1.82, 2.24) is 4.90 Å². The van der Waals surface area contributed by atoms with Gasteiger partial charge in [-0.05, 0) is 50.7 Å². The number of carbonyl (C=O) groups is 1. The first-order chi connectivity index (χ1) is 11.0. The topological polar surface area (TPSA) is 56.1 Å². The van der Waals surface area contributed by atoms with Crippen molar-refractivity contribution in [3.8, 4) is 6.07 Å². The predicted molar refractivity (Wildman–Crippen MR) is 91.9 cm³/mol. The Hall–Kier alpha value is -2.64. The molecule has 0 aliphatic rings. The van der Waals surface area contributed by atoms with E-state index < -0.39 is 0 Å². The summed E-state index contributed by atoms with van der Waals surface area (Å²) in [7, 11) is 1.93. The van der Waals surface area contributed by atoms with E-state index in [9.17, 15) is 4.79 Å². The number of hydrogen-bond donors (Lipinski definition) is 1. The molecule has 0 spiro atoms. The third-order valence-electron chi connectivity index (χ3n) is 3.87. The first-order valence-electron chi connectivity index (χ1n) is 7.56. The maximum Gasteiger partial charge on any atom is 0.241 e. The zero-order chi connectivity index (χ0) is 16.8. The number of anilines is 1. The van der Waals surface area contributed by atoms with Gasteiger partial charge in [-0.25, -0.2) is 0 Å². The highest BCUT2D eigenvalue weighted by molar-refractivity contribution is 5.94. The van der Waals surface area contributed by atoms with Gasteiger partial charge in [0, 0.05) is 12.2 Å². The standard InChI is InChI=1S/C19H21N3O/c1-14-4-6-17(7-5-14)13-22(3)15(2)19(23)21-18-10-8-16(12-20)9-11-18/h4-11,15H,13H2,1-3H3,(H,21,23)/t15-/m0/s1. The largest absolute Gasteiger partial charge is 0.325 e. The summed E-state index contributed by atoms with van der Waals surface area (Å²) in [5.41, 5.74) is 3.68. The summed E-state index contributed by atoms with van der Waals surface area (Å²) >= 11 is 0. The van der Waals surface area contributed by atoms with Crippen LogP contribution in [0.3, 0.4) is 0 Å².